The molecule has 20 heteroatoms. The molecule has 0 bridgehead atoms. The number of carbonyl (C=O) groups excluding carboxylic acids is 6. The molecule has 12 rings (SSSR count). The van der Waals surface area contributed by atoms with Crippen LogP contribution in [0.4, 0.5) is 0 Å². The van der Waals surface area contributed by atoms with E-state index >= 15 is 0 Å². The van der Waals surface area contributed by atoms with Crippen LogP contribution in [0.15, 0.2) is 256 Å². The van der Waals surface area contributed by atoms with Crippen LogP contribution in [0.2, 0.25) is 0 Å². The quantitative estimate of drug-likeness (QED) is 0.0310. The standard InChI is InChI=1S/C32H30N2O4.C18H20NO2.C17H18NO2.2C14H12NO2.2Ir/c1-5-32(4,30(36)38-26-15-11-13-24(21-26)28-17-7-9-19-34-28)22-31(2,3)29(35)37-25-14-10-12-23(20-25)27-16-6-8-18-33-27;1-4-18(3,5-2)17(20)21-15-10-8-9-14(13-15)16-11-6-7-12-19-16;1-4-17(2,3)16(19)20-14-9-7-8-13(12-14)15-10-5-6-11-18-15;2*1-2-14(16)17-12-7-5-6-11(10-12)13-8-3-4-9-15-13;;/h6-11,14-21H,5,22H2,1-4H3;6-8,10-13H,4-5H2,1-3H3;5-7,9-12H,4H2,1-3H3;2*3-5,7-10H,2H2,1H3;;/q-2;4*-1;2*+3. The third-order valence-corrected chi connectivity index (χ3v) is 18.3. The van der Waals surface area contributed by atoms with E-state index in [1.165, 1.54) is 0 Å². The summed E-state index contributed by atoms with van der Waals surface area (Å²) < 4.78 is 32.8. The van der Waals surface area contributed by atoms with Crippen LogP contribution in [0.3, 0.4) is 0 Å². The molecule has 0 amide bonds. The zero-order valence-electron chi connectivity index (χ0n) is 66.4. The molecule has 18 nitrogen and oxygen atoms in total. The molecule has 0 N–H and O–H groups in total. The maximum absolute atomic E-state index is 13.4. The first-order chi connectivity index (χ1) is 54.4. The first-order valence-electron chi connectivity index (χ1n) is 37.3. The van der Waals surface area contributed by atoms with Crippen LogP contribution in [-0.2, 0) is 69.0 Å². The molecule has 592 valence electrons. The molecular formula is C95H92Ir2N6O12. The molecule has 6 aromatic heterocycles. The van der Waals surface area contributed by atoms with E-state index in [2.05, 4.69) is 66.3 Å². The first-order valence-corrected chi connectivity index (χ1v) is 37.3. The van der Waals surface area contributed by atoms with Crippen molar-refractivity contribution >= 4 is 35.8 Å². The predicted octanol–water partition coefficient (Wildman–Crippen LogP) is 20.6. The normalized spacial score (nSPS) is 11.2. The smallest absolute Gasteiger partial charge is 0.447 e. The van der Waals surface area contributed by atoms with Crippen molar-refractivity contribution in [3.05, 3.63) is 292 Å². The molecule has 0 aliphatic carbocycles. The van der Waals surface area contributed by atoms with Gasteiger partial charge < -0.3 is 58.3 Å². The number of hydrogen-bond acceptors (Lipinski definition) is 18. The third kappa shape index (κ3) is 28.4. The summed E-state index contributed by atoms with van der Waals surface area (Å²) in [5, 5.41) is 0. The van der Waals surface area contributed by atoms with Crippen LogP contribution in [0, 0.1) is 58.1 Å². The van der Waals surface area contributed by atoms with E-state index in [0.717, 1.165) is 86.8 Å². The van der Waals surface area contributed by atoms with Crippen LogP contribution in [0.25, 0.3) is 67.5 Å². The van der Waals surface area contributed by atoms with E-state index in [0.29, 0.717) is 53.8 Å². The average molecular weight is 1890 g/mol. The van der Waals surface area contributed by atoms with Crippen molar-refractivity contribution in [1.82, 2.24) is 29.9 Å². The van der Waals surface area contributed by atoms with Crippen molar-refractivity contribution in [3.63, 3.8) is 0 Å². The van der Waals surface area contributed by atoms with Gasteiger partial charge in [0.1, 0.15) is 0 Å². The summed E-state index contributed by atoms with van der Waals surface area (Å²) in [6.07, 6.45) is 14.0. The number of benzene rings is 6. The molecule has 0 saturated heterocycles. The van der Waals surface area contributed by atoms with E-state index in [-0.39, 0.29) is 70.5 Å². The zero-order valence-corrected chi connectivity index (χ0v) is 71.2. The van der Waals surface area contributed by atoms with Gasteiger partial charge >= 0.3 is 76.0 Å². The summed E-state index contributed by atoms with van der Waals surface area (Å²) in [7, 11) is 0. The Balaban J connectivity index is 0.000000232. The summed E-state index contributed by atoms with van der Waals surface area (Å²) in [6, 6.07) is 83.5. The summed E-state index contributed by atoms with van der Waals surface area (Å²) in [5.41, 5.74) is 6.59. The Morgan fingerprint density at radius 1 is 0.278 bits per heavy atom. The topological polar surface area (TPSA) is 235 Å². The summed E-state index contributed by atoms with van der Waals surface area (Å²) in [6.45, 7) is 22.5. The van der Waals surface area contributed by atoms with Crippen LogP contribution < -0.4 is 28.4 Å². The van der Waals surface area contributed by atoms with E-state index in [9.17, 15) is 28.8 Å². The van der Waals surface area contributed by atoms with Gasteiger partial charge in [-0.2, -0.15) is 0 Å². The molecule has 0 aliphatic heterocycles. The van der Waals surface area contributed by atoms with Gasteiger partial charge in [0, 0.05) is 50.0 Å². The fraction of sp³-hybridized carbons (Fsp3) is 0.242. The summed E-state index contributed by atoms with van der Waals surface area (Å²) >= 11 is 0. The van der Waals surface area contributed by atoms with Crippen molar-refractivity contribution in [3.8, 4) is 102 Å². The number of nitrogens with zero attached hydrogens (tertiary/aromatic N) is 6. The second-order valence-corrected chi connectivity index (χ2v) is 27.6. The van der Waals surface area contributed by atoms with Gasteiger partial charge in [-0.3, -0.25) is 28.8 Å². The molecule has 1 atom stereocenters. The molecule has 0 fully saturated rings. The number of hydrogen-bond donors (Lipinski definition) is 0. The number of esters is 6. The molecule has 6 aromatic carbocycles. The van der Waals surface area contributed by atoms with Crippen molar-refractivity contribution in [2.24, 2.45) is 21.7 Å². The van der Waals surface area contributed by atoms with Crippen LogP contribution >= 0.6 is 0 Å². The number of ether oxygens (including phenoxy) is 6. The van der Waals surface area contributed by atoms with E-state index in [1.54, 1.807) is 174 Å². The van der Waals surface area contributed by atoms with Crippen molar-refractivity contribution in [2.45, 2.75) is 128 Å². The van der Waals surface area contributed by atoms with Gasteiger partial charge in [0.05, 0.1) is 56.2 Å². The minimum Gasteiger partial charge on any atom is -0.447 e. The van der Waals surface area contributed by atoms with Crippen LogP contribution in [-0.4, -0.2) is 65.7 Å². The molecule has 1 unspecified atom stereocenters. The fourth-order valence-electron chi connectivity index (χ4n) is 10.5. The molecule has 0 spiro atoms. The number of aromatic nitrogens is 6. The summed E-state index contributed by atoms with van der Waals surface area (Å²) in [5.74, 6) is 1.15. The Morgan fingerprint density at radius 2 is 0.496 bits per heavy atom. The Kier molecular flexibility index (Phi) is 36.8. The minimum absolute atomic E-state index is 0. The van der Waals surface area contributed by atoms with Gasteiger partial charge in [-0.25, -0.2) is 0 Å². The maximum Gasteiger partial charge on any atom is 3.00 e. The molecule has 115 heavy (non-hydrogen) atoms. The average Bonchev–Trinajstić information content (AvgIpc) is 0.799. The molecule has 0 radical (unpaired) electrons. The van der Waals surface area contributed by atoms with E-state index in [1.807, 2.05) is 165 Å². The van der Waals surface area contributed by atoms with Gasteiger partial charge in [-0.1, -0.05) is 114 Å². The van der Waals surface area contributed by atoms with Gasteiger partial charge in [-0.05, 0) is 144 Å². The zero-order chi connectivity index (χ0) is 81.2. The van der Waals surface area contributed by atoms with Crippen molar-refractivity contribution in [1.29, 1.82) is 0 Å². The number of pyridine rings is 6. The van der Waals surface area contributed by atoms with Crippen molar-refractivity contribution in [2.75, 3.05) is 0 Å². The van der Waals surface area contributed by atoms with E-state index in [4.69, 9.17) is 28.4 Å². The fourth-order valence-corrected chi connectivity index (χ4v) is 10.5. The Bertz CT molecular complexity index is 4950. The molecule has 0 saturated carbocycles. The van der Waals surface area contributed by atoms with E-state index < -0.39 is 33.6 Å². The van der Waals surface area contributed by atoms with Gasteiger partial charge in [0.2, 0.25) is 0 Å². The SMILES string of the molecule is CCC(=O)Oc1cc[c-]c(-c2ccccn2)c1.CCC(=O)Oc1cc[c-]c(-c2ccccn2)c1.CCC(C)(C)C(=O)Oc1cc[c-]c(-c2ccccn2)c1.CCC(C)(CC(C)(C)C(=O)Oc1cc[c-]c(-c2ccccn2)c1)C(=O)Oc1cc[c-]c(-c2ccccn2)c1.CCC(C)(CC)C(=O)Oc1cc[c-]c(-c2ccccn2)c1.[Ir+3].[Ir+3]. The van der Waals surface area contributed by atoms with Gasteiger partial charge in [0.25, 0.3) is 0 Å². The van der Waals surface area contributed by atoms with Crippen LogP contribution in [0.1, 0.15) is 128 Å². The Labute approximate surface area is 702 Å². The predicted molar refractivity (Wildman–Crippen MR) is 435 cm³/mol. The van der Waals surface area contributed by atoms with Crippen molar-refractivity contribution < 1.29 is 97.4 Å². The molecule has 0 aliphatic rings. The Hall–Kier alpha value is -11.7. The number of carbonyl (C=O) groups is 6. The summed E-state index contributed by atoms with van der Waals surface area (Å²) in [4.78, 5) is 99.0. The molecule has 12 aromatic rings. The monoisotopic (exact) mass is 1890 g/mol. The van der Waals surface area contributed by atoms with Crippen LogP contribution in [0.5, 0.6) is 34.5 Å². The Morgan fingerprint density at radius 3 is 0.704 bits per heavy atom. The van der Waals surface area contributed by atoms with Gasteiger partial charge in [0.15, 0.2) is 0 Å². The molecular weight excluding hydrogens is 1800 g/mol. The van der Waals surface area contributed by atoms with Gasteiger partial charge in [-0.15, -0.1) is 179 Å². The second-order valence-electron chi connectivity index (χ2n) is 27.6. The second kappa shape index (κ2) is 45.9. The maximum atomic E-state index is 13.4. The first kappa shape index (κ1) is 92.2. The molecule has 6 heterocycles. The largest absolute Gasteiger partial charge is 3.00 e. The minimum atomic E-state index is -0.960. The number of rotatable bonds is 24. The third-order valence-electron chi connectivity index (χ3n) is 18.3.